The molecule has 0 aromatic heterocycles. The molecule has 0 amide bonds. The molecule has 3 rings (SSSR count). The van der Waals surface area contributed by atoms with Crippen LogP contribution in [0.4, 0.5) is 0 Å². The van der Waals surface area contributed by atoms with Gasteiger partial charge >= 0.3 is 0 Å². The minimum absolute atomic E-state index is 0.513. The molecular weight excluding hydrogens is 324 g/mol. The molecule has 1 aliphatic carbocycles. The molecule has 0 bridgehead atoms. The third kappa shape index (κ3) is 6.96. The van der Waals surface area contributed by atoms with Crippen molar-refractivity contribution in [3.05, 3.63) is 35.9 Å². The van der Waals surface area contributed by atoms with Gasteiger partial charge in [0.05, 0.1) is 0 Å². The Morgan fingerprint density at radius 1 is 1.15 bits per heavy atom. The summed E-state index contributed by atoms with van der Waals surface area (Å²) < 4.78 is 5.68. The highest BCUT2D eigenvalue weighted by Crippen LogP contribution is 2.28. The Hall–Kier alpha value is -1.59. The maximum absolute atomic E-state index is 5.68. The van der Waals surface area contributed by atoms with Gasteiger partial charge in [-0.3, -0.25) is 9.89 Å². The van der Waals surface area contributed by atoms with Crippen molar-refractivity contribution in [3.8, 4) is 0 Å². The lowest BCUT2D eigenvalue weighted by atomic mass is 10.0. The monoisotopic (exact) mass is 358 g/mol. The molecule has 2 N–H and O–H groups in total. The van der Waals surface area contributed by atoms with E-state index in [-0.39, 0.29) is 0 Å². The number of hydrogen-bond acceptors (Lipinski definition) is 3. The van der Waals surface area contributed by atoms with E-state index < -0.39 is 0 Å². The number of hydrogen-bond donors (Lipinski definition) is 2. The molecular formula is C21H34N4O. The molecule has 2 fully saturated rings. The Morgan fingerprint density at radius 3 is 2.62 bits per heavy atom. The van der Waals surface area contributed by atoms with Gasteiger partial charge in [-0.25, -0.2) is 0 Å². The number of guanidine groups is 1. The molecule has 1 saturated carbocycles. The summed E-state index contributed by atoms with van der Waals surface area (Å²) in [6.45, 7) is 6.04. The highest BCUT2D eigenvalue weighted by molar-refractivity contribution is 5.79. The molecule has 5 nitrogen and oxygen atoms in total. The highest BCUT2D eigenvalue weighted by Gasteiger charge is 2.21. The second-order valence-electron chi connectivity index (χ2n) is 7.55. The first-order valence-electron chi connectivity index (χ1n) is 10.1. The third-order valence-electron chi connectivity index (χ3n) is 5.21. The molecule has 0 unspecified atom stereocenters. The maximum Gasteiger partial charge on any atom is 0.191 e. The van der Waals surface area contributed by atoms with Gasteiger partial charge in [0.2, 0.25) is 0 Å². The molecule has 1 aromatic rings. The van der Waals surface area contributed by atoms with E-state index in [1.165, 1.54) is 18.4 Å². The molecule has 1 aromatic carbocycles. The van der Waals surface area contributed by atoms with E-state index in [1.807, 2.05) is 7.05 Å². The van der Waals surface area contributed by atoms with Crippen molar-refractivity contribution < 1.29 is 4.74 Å². The van der Waals surface area contributed by atoms with Crippen molar-refractivity contribution in [1.82, 2.24) is 15.5 Å². The summed E-state index contributed by atoms with van der Waals surface area (Å²) in [5.41, 5.74) is 1.40. The topological polar surface area (TPSA) is 48.9 Å². The Kier molecular flexibility index (Phi) is 7.77. The van der Waals surface area contributed by atoms with Gasteiger partial charge in [-0.15, -0.1) is 0 Å². The predicted octanol–water partition coefficient (Wildman–Crippen LogP) is 2.63. The summed E-state index contributed by atoms with van der Waals surface area (Å²) in [5.74, 6) is 1.78. The molecule has 0 spiro atoms. The Labute approximate surface area is 158 Å². The van der Waals surface area contributed by atoms with Crippen LogP contribution in [0.25, 0.3) is 0 Å². The first-order chi connectivity index (χ1) is 12.8. The van der Waals surface area contributed by atoms with E-state index in [1.54, 1.807) is 0 Å². The number of likely N-dealkylation sites (tertiary alicyclic amines) is 1. The molecule has 1 saturated heterocycles. The van der Waals surface area contributed by atoms with Crippen LogP contribution in [0.2, 0.25) is 0 Å². The van der Waals surface area contributed by atoms with Crippen LogP contribution in [-0.2, 0) is 11.3 Å². The quantitative estimate of drug-likeness (QED) is 0.405. The van der Waals surface area contributed by atoms with Gasteiger partial charge in [-0.2, -0.15) is 0 Å². The van der Waals surface area contributed by atoms with Crippen molar-refractivity contribution in [2.24, 2.45) is 10.9 Å². The molecule has 1 aliphatic heterocycles. The normalized spacial score (nSPS) is 19.5. The van der Waals surface area contributed by atoms with Crippen molar-refractivity contribution in [2.75, 3.05) is 39.9 Å². The number of rotatable bonds is 9. The van der Waals surface area contributed by atoms with Crippen LogP contribution < -0.4 is 10.6 Å². The van der Waals surface area contributed by atoms with Crippen LogP contribution in [0.15, 0.2) is 35.3 Å². The molecule has 26 heavy (non-hydrogen) atoms. The van der Waals surface area contributed by atoms with Gasteiger partial charge < -0.3 is 15.4 Å². The van der Waals surface area contributed by atoms with Crippen LogP contribution in [0.1, 0.15) is 37.7 Å². The van der Waals surface area contributed by atoms with Crippen molar-refractivity contribution in [3.63, 3.8) is 0 Å². The molecule has 0 radical (unpaired) electrons. The lowest BCUT2D eigenvalue weighted by Gasteiger charge is -2.33. The molecule has 0 atom stereocenters. The number of nitrogens with one attached hydrogen (secondary N) is 2. The maximum atomic E-state index is 5.68. The summed E-state index contributed by atoms with van der Waals surface area (Å²) in [5, 5.41) is 7.00. The average molecular weight is 359 g/mol. The number of nitrogens with zero attached hydrogens (tertiary/aromatic N) is 2. The standard InChI is InChI=1S/C21H34N4O/c1-22-21(23-12-5-15-26-17-19-8-9-19)24-20-10-13-25(14-11-20)16-18-6-3-2-4-7-18/h2-4,6-7,19-20H,5,8-17H2,1H3,(H2,22,23,24). The summed E-state index contributed by atoms with van der Waals surface area (Å²) in [6.07, 6.45) is 6.08. The number of piperidine rings is 1. The zero-order valence-corrected chi connectivity index (χ0v) is 16.1. The fourth-order valence-corrected chi connectivity index (χ4v) is 3.38. The Balaban J connectivity index is 1.27. The zero-order chi connectivity index (χ0) is 18.0. The lowest BCUT2D eigenvalue weighted by molar-refractivity contribution is 0.123. The van der Waals surface area contributed by atoms with Gasteiger partial charge in [-0.05, 0) is 43.6 Å². The summed E-state index contributed by atoms with van der Waals surface area (Å²) >= 11 is 0. The van der Waals surface area contributed by atoms with E-state index in [0.717, 1.165) is 70.5 Å². The van der Waals surface area contributed by atoms with Crippen LogP contribution in [0, 0.1) is 5.92 Å². The Morgan fingerprint density at radius 2 is 1.92 bits per heavy atom. The van der Waals surface area contributed by atoms with Crippen LogP contribution in [0.5, 0.6) is 0 Å². The number of ether oxygens (including phenoxy) is 1. The Bertz CT molecular complexity index is 536. The van der Waals surface area contributed by atoms with Gasteiger partial charge in [0, 0.05) is 52.5 Å². The first kappa shape index (κ1) is 19.2. The number of aliphatic imine (C=N–C) groups is 1. The van der Waals surface area contributed by atoms with Crippen LogP contribution in [-0.4, -0.2) is 56.8 Å². The summed E-state index contributed by atoms with van der Waals surface area (Å²) in [4.78, 5) is 6.91. The van der Waals surface area contributed by atoms with Crippen molar-refractivity contribution >= 4 is 5.96 Å². The van der Waals surface area contributed by atoms with Crippen LogP contribution >= 0.6 is 0 Å². The molecule has 144 valence electrons. The average Bonchev–Trinajstić information content (AvgIpc) is 3.50. The SMILES string of the molecule is CN=C(NCCCOCC1CC1)NC1CCN(Cc2ccccc2)CC1. The summed E-state index contributed by atoms with van der Waals surface area (Å²) in [7, 11) is 1.85. The lowest BCUT2D eigenvalue weighted by Crippen LogP contribution is -2.48. The fraction of sp³-hybridized carbons (Fsp3) is 0.667. The summed E-state index contributed by atoms with van der Waals surface area (Å²) in [6, 6.07) is 11.3. The predicted molar refractivity (Wildman–Crippen MR) is 107 cm³/mol. The van der Waals surface area contributed by atoms with Crippen molar-refractivity contribution in [2.45, 2.75) is 44.7 Å². The minimum atomic E-state index is 0.513. The van der Waals surface area contributed by atoms with E-state index in [0.29, 0.717) is 6.04 Å². The van der Waals surface area contributed by atoms with E-state index in [2.05, 4.69) is 50.9 Å². The minimum Gasteiger partial charge on any atom is -0.381 e. The smallest absolute Gasteiger partial charge is 0.191 e. The van der Waals surface area contributed by atoms with E-state index in [9.17, 15) is 0 Å². The van der Waals surface area contributed by atoms with Gasteiger partial charge in [-0.1, -0.05) is 30.3 Å². The fourth-order valence-electron chi connectivity index (χ4n) is 3.38. The zero-order valence-electron chi connectivity index (χ0n) is 16.1. The first-order valence-corrected chi connectivity index (χ1v) is 10.1. The van der Waals surface area contributed by atoms with Crippen molar-refractivity contribution in [1.29, 1.82) is 0 Å². The third-order valence-corrected chi connectivity index (χ3v) is 5.21. The highest BCUT2D eigenvalue weighted by atomic mass is 16.5. The second-order valence-corrected chi connectivity index (χ2v) is 7.55. The van der Waals surface area contributed by atoms with E-state index in [4.69, 9.17) is 4.74 Å². The van der Waals surface area contributed by atoms with Gasteiger partial charge in [0.25, 0.3) is 0 Å². The second kappa shape index (κ2) is 10.5. The van der Waals surface area contributed by atoms with Crippen LogP contribution in [0.3, 0.4) is 0 Å². The van der Waals surface area contributed by atoms with Gasteiger partial charge in [0.15, 0.2) is 5.96 Å². The van der Waals surface area contributed by atoms with E-state index >= 15 is 0 Å². The molecule has 5 heteroatoms. The molecule has 1 heterocycles. The molecule has 2 aliphatic rings. The van der Waals surface area contributed by atoms with Gasteiger partial charge in [0.1, 0.15) is 0 Å². The number of benzene rings is 1. The largest absolute Gasteiger partial charge is 0.381 e.